The first-order valence-electron chi connectivity index (χ1n) is 9.29. The lowest BCUT2D eigenvalue weighted by Gasteiger charge is -2.20. The maximum atomic E-state index is 12.3. The van der Waals surface area contributed by atoms with E-state index in [-0.39, 0.29) is 30.4 Å². The third-order valence-electron chi connectivity index (χ3n) is 5.16. The molecule has 25 heavy (non-hydrogen) atoms. The quantitative estimate of drug-likeness (QED) is 0.855. The largest absolute Gasteiger partial charge is 0.375 e. The molecule has 2 saturated heterocycles. The highest BCUT2D eigenvalue weighted by Gasteiger charge is 2.33. The SMILES string of the molecule is CC1CC(CNC(=O)N[C@@H]2CCO[C@H]2c2cnn(C(C)C)c2)C(C)O1. The first-order chi connectivity index (χ1) is 11.9. The van der Waals surface area contributed by atoms with Gasteiger partial charge in [-0.25, -0.2) is 4.79 Å². The molecule has 0 radical (unpaired) electrons. The molecule has 0 saturated carbocycles. The molecular weight excluding hydrogens is 320 g/mol. The van der Waals surface area contributed by atoms with Crippen molar-refractivity contribution in [3.8, 4) is 0 Å². The Morgan fingerprint density at radius 2 is 2.24 bits per heavy atom. The molecule has 7 nitrogen and oxygen atoms in total. The van der Waals surface area contributed by atoms with E-state index in [0.29, 0.717) is 25.1 Å². The van der Waals surface area contributed by atoms with E-state index in [1.165, 1.54) is 0 Å². The van der Waals surface area contributed by atoms with Crippen molar-refractivity contribution >= 4 is 6.03 Å². The third-order valence-corrected chi connectivity index (χ3v) is 5.16. The molecule has 2 amide bonds. The number of urea groups is 1. The number of hydrogen-bond acceptors (Lipinski definition) is 4. The average molecular weight is 350 g/mol. The van der Waals surface area contributed by atoms with Gasteiger partial charge >= 0.3 is 6.03 Å². The van der Waals surface area contributed by atoms with Gasteiger partial charge in [-0.2, -0.15) is 5.10 Å². The first-order valence-corrected chi connectivity index (χ1v) is 9.29. The molecule has 140 valence electrons. The molecule has 1 aromatic heterocycles. The summed E-state index contributed by atoms with van der Waals surface area (Å²) in [7, 11) is 0. The zero-order valence-electron chi connectivity index (χ0n) is 15.6. The first kappa shape index (κ1) is 18.2. The lowest BCUT2D eigenvalue weighted by molar-refractivity contribution is 0.0563. The molecule has 0 aromatic carbocycles. The minimum absolute atomic E-state index is 0.0269. The van der Waals surface area contributed by atoms with Gasteiger partial charge in [-0.05, 0) is 40.5 Å². The molecular formula is C18H30N4O3. The molecule has 7 heteroatoms. The molecule has 2 N–H and O–H groups in total. The fourth-order valence-corrected chi connectivity index (χ4v) is 3.69. The molecule has 0 bridgehead atoms. The van der Waals surface area contributed by atoms with Crippen LogP contribution in [0.1, 0.15) is 58.2 Å². The number of amides is 2. The van der Waals surface area contributed by atoms with Crippen molar-refractivity contribution in [2.75, 3.05) is 13.2 Å². The zero-order valence-corrected chi connectivity index (χ0v) is 15.6. The molecule has 0 spiro atoms. The second-order valence-corrected chi connectivity index (χ2v) is 7.54. The number of ether oxygens (including phenoxy) is 2. The van der Waals surface area contributed by atoms with Crippen molar-refractivity contribution in [1.29, 1.82) is 0 Å². The molecule has 0 aliphatic carbocycles. The van der Waals surface area contributed by atoms with E-state index in [1.807, 2.05) is 17.1 Å². The Bertz CT molecular complexity index is 589. The van der Waals surface area contributed by atoms with Gasteiger partial charge in [0.1, 0.15) is 6.10 Å². The topological polar surface area (TPSA) is 77.4 Å². The summed E-state index contributed by atoms with van der Waals surface area (Å²) in [4.78, 5) is 12.3. The normalized spacial score (nSPS) is 32.3. The van der Waals surface area contributed by atoms with Crippen LogP contribution in [0.5, 0.6) is 0 Å². The second kappa shape index (κ2) is 7.74. The van der Waals surface area contributed by atoms with Crippen molar-refractivity contribution < 1.29 is 14.3 Å². The number of carbonyl (C=O) groups excluding carboxylic acids is 1. The summed E-state index contributed by atoms with van der Waals surface area (Å²) >= 11 is 0. The van der Waals surface area contributed by atoms with Crippen molar-refractivity contribution in [3.63, 3.8) is 0 Å². The van der Waals surface area contributed by atoms with Crippen LogP contribution in [0.3, 0.4) is 0 Å². The molecule has 3 unspecified atom stereocenters. The minimum Gasteiger partial charge on any atom is -0.375 e. The molecule has 2 fully saturated rings. The highest BCUT2D eigenvalue weighted by Crippen LogP contribution is 2.29. The van der Waals surface area contributed by atoms with E-state index in [2.05, 4.69) is 43.4 Å². The average Bonchev–Trinajstić information content (AvgIpc) is 3.25. The van der Waals surface area contributed by atoms with Crippen LogP contribution in [0.2, 0.25) is 0 Å². The van der Waals surface area contributed by atoms with Crippen molar-refractivity contribution in [2.45, 2.75) is 70.9 Å². The predicted molar refractivity (Wildman–Crippen MR) is 94.4 cm³/mol. The van der Waals surface area contributed by atoms with Gasteiger partial charge in [0.15, 0.2) is 0 Å². The van der Waals surface area contributed by atoms with E-state index >= 15 is 0 Å². The summed E-state index contributed by atoms with van der Waals surface area (Å²) in [6, 6.07) is 0.146. The summed E-state index contributed by atoms with van der Waals surface area (Å²) in [5, 5.41) is 10.4. The highest BCUT2D eigenvalue weighted by atomic mass is 16.5. The summed E-state index contributed by atoms with van der Waals surface area (Å²) < 4.78 is 13.5. The molecule has 2 aliphatic rings. The lowest BCUT2D eigenvalue weighted by Crippen LogP contribution is -2.45. The number of nitrogens with zero attached hydrogens (tertiary/aromatic N) is 2. The molecule has 3 rings (SSSR count). The van der Waals surface area contributed by atoms with Gasteiger partial charge < -0.3 is 20.1 Å². The number of hydrogen-bond donors (Lipinski definition) is 2. The van der Waals surface area contributed by atoms with Crippen LogP contribution in [0, 0.1) is 5.92 Å². The van der Waals surface area contributed by atoms with E-state index < -0.39 is 0 Å². The van der Waals surface area contributed by atoms with Crippen LogP contribution < -0.4 is 10.6 Å². The monoisotopic (exact) mass is 350 g/mol. The standard InChI is InChI=1S/C18H30N4O3/c1-11(2)22-10-15(9-20-22)17-16(5-6-24-17)21-18(23)19-8-14-7-12(3)25-13(14)4/h9-14,16-17H,5-8H2,1-4H3,(H2,19,21,23)/t12?,13?,14?,16-,17+/m1/s1. The van der Waals surface area contributed by atoms with Crippen LogP contribution in [-0.2, 0) is 9.47 Å². The van der Waals surface area contributed by atoms with Gasteiger partial charge in [0.05, 0.1) is 24.4 Å². The van der Waals surface area contributed by atoms with Crippen molar-refractivity contribution in [1.82, 2.24) is 20.4 Å². The van der Waals surface area contributed by atoms with Gasteiger partial charge in [0.2, 0.25) is 0 Å². The Balaban J connectivity index is 1.51. The van der Waals surface area contributed by atoms with E-state index in [9.17, 15) is 4.79 Å². The zero-order chi connectivity index (χ0) is 18.0. The van der Waals surface area contributed by atoms with Crippen LogP contribution in [-0.4, -0.2) is 47.2 Å². The number of rotatable bonds is 5. The minimum atomic E-state index is -0.136. The number of carbonyl (C=O) groups is 1. The Hall–Kier alpha value is -1.60. The summed E-state index contributed by atoms with van der Waals surface area (Å²) in [5.74, 6) is 0.376. The summed E-state index contributed by atoms with van der Waals surface area (Å²) in [5.41, 5.74) is 1.02. The van der Waals surface area contributed by atoms with E-state index in [1.54, 1.807) is 0 Å². The fraction of sp³-hybridized carbons (Fsp3) is 0.778. The molecule has 2 aliphatic heterocycles. The van der Waals surface area contributed by atoms with Crippen molar-refractivity contribution in [2.24, 2.45) is 5.92 Å². The fourth-order valence-electron chi connectivity index (χ4n) is 3.69. The predicted octanol–water partition coefficient (Wildman–Crippen LogP) is 2.41. The van der Waals surface area contributed by atoms with Crippen LogP contribution >= 0.6 is 0 Å². The Labute approximate surface area is 149 Å². The molecule has 1 aromatic rings. The summed E-state index contributed by atoms with van der Waals surface area (Å²) in [6.45, 7) is 9.61. The molecule has 3 heterocycles. The van der Waals surface area contributed by atoms with E-state index in [0.717, 1.165) is 18.4 Å². The number of nitrogens with one attached hydrogen (secondary N) is 2. The Morgan fingerprint density at radius 1 is 1.44 bits per heavy atom. The second-order valence-electron chi connectivity index (χ2n) is 7.54. The van der Waals surface area contributed by atoms with Crippen LogP contribution in [0.15, 0.2) is 12.4 Å². The van der Waals surface area contributed by atoms with E-state index in [4.69, 9.17) is 9.47 Å². The van der Waals surface area contributed by atoms with Gasteiger partial charge in [0, 0.05) is 36.9 Å². The Kier molecular flexibility index (Phi) is 5.64. The summed E-state index contributed by atoms with van der Waals surface area (Å²) in [6.07, 6.45) is 5.98. The van der Waals surface area contributed by atoms with Gasteiger partial charge in [-0.1, -0.05) is 0 Å². The van der Waals surface area contributed by atoms with Crippen LogP contribution in [0.4, 0.5) is 4.79 Å². The maximum absolute atomic E-state index is 12.3. The van der Waals surface area contributed by atoms with Gasteiger partial charge in [-0.3, -0.25) is 4.68 Å². The maximum Gasteiger partial charge on any atom is 0.315 e. The van der Waals surface area contributed by atoms with Gasteiger partial charge in [-0.15, -0.1) is 0 Å². The van der Waals surface area contributed by atoms with Gasteiger partial charge in [0.25, 0.3) is 0 Å². The third kappa shape index (κ3) is 4.33. The number of aromatic nitrogens is 2. The van der Waals surface area contributed by atoms with Crippen molar-refractivity contribution in [3.05, 3.63) is 18.0 Å². The smallest absolute Gasteiger partial charge is 0.315 e. The lowest BCUT2D eigenvalue weighted by atomic mass is 10.0. The highest BCUT2D eigenvalue weighted by molar-refractivity contribution is 5.74. The van der Waals surface area contributed by atoms with Crippen LogP contribution in [0.25, 0.3) is 0 Å². The Morgan fingerprint density at radius 3 is 2.88 bits per heavy atom. The molecule has 5 atom stereocenters.